The van der Waals surface area contributed by atoms with Crippen LogP contribution >= 0.6 is 0 Å². The third kappa shape index (κ3) is 3.45. The van der Waals surface area contributed by atoms with Gasteiger partial charge in [0.05, 0.1) is 31.6 Å². The van der Waals surface area contributed by atoms with Gasteiger partial charge in [-0.3, -0.25) is 4.90 Å². The Morgan fingerprint density at radius 3 is 2.68 bits per heavy atom. The standard InChI is InChI=1S/C27H33N5O2/c1-16(2)25-21-10-19(18-6-8-31(9-7-18)20-13-34-14-20)4-5-24(21)30-26(25)22-11-32-27(28-15-29-32)23(12-33)17(22)3/h4-5,10-11,15-16,18,20,30,33H,6-9,12-14H2,1-3H3. The molecule has 0 bridgehead atoms. The molecule has 6 rings (SSSR count). The number of aromatic amines is 1. The highest BCUT2D eigenvalue weighted by molar-refractivity contribution is 5.92. The van der Waals surface area contributed by atoms with Gasteiger partial charge in [0.2, 0.25) is 0 Å². The van der Waals surface area contributed by atoms with Crippen molar-refractivity contribution in [3.63, 3.8) is 0 Å². The van der Waals surface area contributed by atoms with E-state index < -0.39 is 0 Å². The van der Waals surface area contributed by atoms with Crippen LogP contribution in [0.15, 0.2) is 30.7 Å². The number of nitrogens with one attached hydrogen (secondary N) is 1. The smallest absolute Gasteiger partial charge is 0.161 e. The summed E-state index contributed by atoms with van der Waals surface area (Å²) in [5.74, 6) is 0.956. The van der Waals surface area contributed by atoms with Crippen molar-refractivity contribution in [3.8, 4) is 11.3 Å². The second-order valence-electron chi connectivity index (χ2n) is 10.2. The molecule has 0 amide bonds. The first-order valence-electron chi connectivity index (χ1n) is 12.5. The van der Waals surface area contributed by atoms with Crippen molar-refractivity contribution >= 4 is 16.6 Å². The number of hydrogen-bond donors (Lipinski definition) is 2. The molecular weight excluding hydrogens is 426 g/mol. The van der Waals surface area contributed by atoms with Gasteiger partial charge in [0.15, 0.2) is 5.65 Å². The summed E-state index contributed by atoms with van der Waals surface area (Å²) < 4.78 is 7.17. The molecule has 0 saturated carbocycles. The van der Waals surface area contributed by atoms with Gasteiger partial charge in [-0.1, -0.05) is 19.9 Å². The molecule has 0 aliphatic carbocycles. The van der Waals surface area contributed by atoms with Crippen LogP contribution in [0.25, 0.3) is 27.8 Å². The monoisotopic (exact) mass is 459 g/mol. The van der Waals surface area contributed by atoms with Crippen molar-refractivity contribution in [2.24, 2.45) is 0 Å². The molecule has 7 nitrogen and oxygen atoms in total. The van der Waals surface area contributed by atoms with Gasteiger partial charge in [0, 0.05) is 28.2 Å². The van der Waals surface area contributed by atoms with Crippen molar-refractivity contribution in [2.75, 3.05) is 26.3 Å². The van der Waals surface area contributed by atoms with Crippen molar-refractivity contribution in [1.82, 2.24) is 24.5 Å². The van der Waals surface area contributed by atoms with Crippen LogP contribution in [0.3, 0.4) is 0 Å². The fourth-order valence-electron chi connectivity index (χ4n) is 5.88. The van der Waals surface area contributed by atoms with Gasteiger partial charge in [-0.15, -0.1) is 0 Å². The Hall–Kier alpha value is -2.74. The van der Waals surface area contributed by atoms with E-state index in [9.17, 15) is 5.11 Å². The van der Waals surface area contributed by atoms with Crippen molar-refractivity contribution in [1.29, 1.82) is 0 Å². The third-order valence-electron chi connectivity index (χ3n) is 7.96. The van der Waals surface area contributed by atoms with Crippen LogP contribution in [-0.2, 0) is 11.3 Å². The molecule has 7 heteroatoms. The van der Waals surface area contributed by atoms with Crippen LogP contribution in [-0.4, -0.2) is 61.9 Å². The lowest BCUT2D eigenvalue weighted by Gasteiger charge is -2.41. The molecule has 5 heterocycles. The van der Waals surface area contributed by atoms with Crippen molar-refractivity contribution < 1.29 is 9.84 Å². The average molecular weight is 460 g/mol. The van der Waals surface area contributed by atoms with E-state index in [0.717, 1.165) is 54.2 Å². The Balaban J connectivity index is 1.41. The zero-order valence-corrected chi connectivity index (χ0v) is 20.2. The Kier molecular flexibility index (Phi) is 5.43. The second-order valence-corrected chi connectivity index (χ2v) is 10.2. The molecule has 2 aliphatic rings. The van der Waals surface area contributed by atoms with Crippen LogP contribution < -0.4 is 0 Å². The Labute approximate surface area is 199 Å². The summed E-state index contributed by atoms with van der Waals surface area (Å²) in [6.07, 6.45) is 5.99. The van der Waals surface area contributed by atoms with Gasteiger partial charge in [0.1, 0.15) is 6.33 Å². The lowest BCUT2D eigenvalue weighted by Crippen LogP contribution is -2.51. The lowest BCUT2D eigenvalue weighted by molar-refractivity contribution is -0.0712. The number of aliphatic hydroxyl groups excluding tert-OH is 1. The molecule has 2 aliphatic heterocycles. The number of piperidine rings is 1. The number of ether oxygens (including phenoxy) is 1. The summed E-state index contributed by atoms with van der Waals surface area (Å²) in [6, 6.07) is 7.63. The molecule has 3 aromatic heterocycles. The Bertz CT molecular complexity index is 1340. The highest BCUT2D eigenvalue weighted by atomic mass is 16.5. The highest BCUT2D eigenvalue weighted by Gasteiger charge is 2.30. The number of aliphatic hydroxyl groups is 1. The topological polar surface area (TPSA) is 78.7 Å². The van der Waals surface area contributed by atoms with Crippen LogP contribution in [0.1, 0.15) is 60.8 Å². The first-order valence-corrected chi connectivity index (χ1v) is 12.5. The molecule has 2 fully saturated rings. The number of pyridine rings is 1. The zero-order valence-electron chi connectivity index (χ0n) is 20.2. The molecule has 34 heavy (non-hydrogen) atoms. The van der Waals surface area contributed by atoms with Crippen LogP contribution in [0.4, 0.5) is 0 Å². The fraction of sp³-hybridized carbons (Fsp3) is 0.481. The molecule has 1 aromatic carbocycles. The number of hydrogen-bond acceptors (Lipinski definition) is 5. The quantitative estimate of drug-likeness (QED) is 0.463. The van der Waals surface area contributed by atoms with Gasteiger partial charge in [0.25, 0.3) is 0 Å². The Morgan fingerprint density at radius 2 is 2.00 bits per heavy atom. The molecule has 178 valence electrons. The highest BCUT2D eigenvalue weighted by Crippen LogP contribution is 2.40. The number of benzene rings is 1. The van der Waals surface area contributed by atoms with Crippen molar-refractivity contribution in [3.05, 3.63) is 53.0 Å². The van der Waals surface area contributed by atoms with Gasteiger partial charge in [-0.05, 0) is 73.5 Å². The minimum Gasteiger partial charge on any atom is -0.392 e. The van der Waals surface area contributed by atoms with E-state index in [0.29, 0.717) is 23.5 Å². The average Bonchev–Trinajstić information content (AvgIpc) is 3.42. The summed E-state index contributed by atoms with van der Waals surface area (Å²) in [7, 11) is 0. The first-order chi connectivity index (χ1) is 16.5. The number of likely N-dealkylation sites (tertiary alicyclic amines) is 1. The lowest BCUT2D eigenvalue weighted by atomic mass is 9.87. The van der Waals surface area contributed by atoms with Crippen LogP contribution in [0.2, 0.25) is 0 Å². The number of H-pyrrole nitrogens is 1. The van der Waals surface area contributed by atoms with E-state index in [1.807, 2.05) is 6.20 Å². The zero-order chi connectivity index (χ0) is 23.4. The molecule has 0 atom stereocenters. The maximum Gasteiger partial charge on any atom is 0.161 e. The van der Waals surface area contributed by atoms with Gasteiger partial charge in [-0.2, -0.15) is 5.10 Å². The van der Waals surface area contributed by atoms with Gasteiger partial charge in [-0.25, -0.2) is 9.50 Å². The Morgan fingerprint density at radius 1 is 1.21 bits per heavy atom. The predicted octanol–water partition coefficient (Wildman–Crippen LogP) is 4.38. The molecule has 2 saturated heterocycles. The maximum absolute atomic E-state index is 10.1. The molecule has 0 spiro atoms. The van der Waals surface area contributed by atoms with Gasteiger partial charge >= 0.3 is 0 Å². The molecular formula is C27H33N5O2. The van der Waals surface area contributed by atoms with Crippen LogP contribution in [0.5, 0.6) is 0 Å². The number of nitrogens with zero attached hydrogens (tertiary/aromatic N) is 4. The number of fused-ring (bicyclic) bond motifs is 2. The van der Waals surface area contributed by atoms with E-state index in [2.05, 4.69) is 58.9 Å². The number of aromatic nitrogens is 4. The van der Waals surface area contributed by atoms with Crippen molar-refractivity contribution in [2.45, 2.75) is 58.1 Å². The summed E-state index contributed by atoms with van der Waals surface area (Å²) in [4.78, 5) is 10.7. The minimum absolute atomic E-state index is 0.0606. The molecule has 4 aromatic rings. The van der Waals surface area contributed by atoms with E-state index in [4.69, 9.17) is 4.74 Å². The SMILES string of the molecule is Cc1c(-c2[nH]c3ccc(C4CCN(C5COC5)CC4)cc3c2C(C)C)cn2ncnc2c1CO. The molecule has 0 radical (unpaired) electrons. The second kappa shape index (κ2) is 8.48. The van der Waals surface area contributed by atoms with E-state index in [1.54, 1.807) is 10.8 Å². The predicted molar refractivity (Wildman–Crippen MR) is 133 cm³/mol. The first kappa shape index (κ1) is 21.8. The summed E-state index contributed by atoms with van der Waals surface area (Å²) in [6.45, 7) is 10.6. The third-order valence-corrected chi connectivity index (χ3v) is 7.96. The maximum atomic E-state index is 10.1. The van der Waals surface area contributed by atoms with E-state index >= 15 is 0 Å². The minimum atomic E-state index is -0.0606. The fourth-order valence-corrected chi connectivity index (χ4v) is 5.88. The molecule has 0 unspecified atom stereocenters. The largest absolute Gasteiger partial charge is 0.392 e. The summed E-state index contributed by atoms with van der Waals surface area (Å²) >= 11 is 0. The number of rotatable bonds is 5. The van der Waals surface area contributed by atoms with Crippen LogP contribution in [0, 0.1) is 6.92 Å². The summed E-state index contributed by atoms with van der Waals surface area (Å²) in [5, 5.41) is 15.7. The summed E-state index contributed by atoms with van der Waals surface area (Å²) in [5.41, 5.74) is 8.71. The van der Waals surface area contributed by atoms with E-state index in [-0.39, 0.29) is 6.61 Å². The van der Waals surface area contributed by atoms with E-state index in [1.165, 1.54) is 29.4 Å². The normalized spacial score (nSPS) is 18.4. The van der Waals surface area contributed by atoms with Gasteiger partial charge < -0.3 is 14.8 Å². The molecule has 2 N–H and O–H groups in total.